The lowest BCUT2D eigenvalue weighted by molar-refractivity contribution is -0.148. The molecule has 1 aromatic carbocycles. The topological polar surface area (TPSA) is 98.2 Å². The lowest BCUT2D eigenvalue weighted by Crippen LogP contribution is -2.59. The fourth-order valence-electron chi connectivity index (χ4n) is 2.25. The molecule has 1 aliphatic heterocycles. The molecule has 0 spiro atoms. The molecule has 21 heavy (non-hydrogen) atoms. The third-order valence-corrected chi connectivity index (χ3v) is 3.43. The fraction of sp³-hybridized carbons (Fsp3) is 0.357. The highest BCUT2D eigenvalue weighted by atomic mass is 16.4. The van der Waals surface area contributed by atoms with Gasteiger partial charge in [0.25, 0.3) is 5.91 Å². The molecule has 2 amide bonds. The van der Waals surface area contributed by atoms with E-state index >= 15 is 0 Å². The first-order valence-corrected chi connectivity index (χ1v) is 6.52. The number of carbonyl (C=O) groups excluding carboxylic acids is 2. The number of anilines is 1. The van der Waals surface area contributed by atoms with Crippen molar-refractivity contribution in [2.24, 2.45) is 0 Å². The van der Waals surface area contributed by atoms with Crippen molar-refractivity contribution in [1.29, 1.82) is 0 Å². The number of amides is 2. The Labute approximate surface area is 121 Å². The maximum Gasteiger partial charge on any atom is 0.305 e. The Balaban J connectivity index is 2.16. The minimum absolute atomic E-state index is 0.00268. The van der Waals surface area contributed by atoms with Crippen LogP contribution in [0.2, 0.25) is 0 Å². The number of rotatable bonds is 4. The van der Waals surface area contributed by atoms with Gasteiger partial charge in [0.2, 0.25) is 5.91 Å². The molecule has 0 radical (unpaired) electrons. The minimum Gasteiger partial charge on any atom is -0.508 e. The van der Waals surface area contributed by atoms with Gasteiger partial charge in [-0.15, -0.1) is 0 Å². The Bertz CT molecular complexity index is 569. The largest absolute Gasteiger partial charge is 0.508 e. The number of piperazine rings is 1. The van der Waals surface area contributed by atoms with Gasteiger partial charge >= 0.3 is 5.97 Å². The molecular formula is C14H16N2O5. The Morgan fingerprint density at radius 3 is 2.48 bits per heavy atom. The summed E-state index contributed by atoms with van der Waals surface area (Å²) in [4.78, 5) is 37.4. The Hall–Kier alpha value is -2.57. The Kier molecular flexibility index (Phi) is 4.11. The monoisotopic (exact) mass is 292 g/mol. The molecule has 0 aliphatic carbocycles. The van der Waals surface area contributed by atoms with Crippen LogP contribution in [0.1, 0.15) is 13.3 Å². The molecule has 1 heterocycles. The molecule has 0 aromatic heterocycles. The van der Waals surface area contributed by atoms with E-state index in [1.807, 2.05) is 0 Å². The van der Waals surface area contributed by atoms with Crippen LogP contribution < -0.4 is 4.90 Å². The first kappa shape index (κ1) is 14.8. The number of aliphatic carboxylic acids is 1. The molecule has 2 rings (SSSR count). The summed E-state index contributed by atoms with van der Waals surface area (Å²) in [5.41, 5.74) is 0.653. The number of phenolic OH excluding ortho intramolecular Hbond substituents is 1. The molecule has 112 valence electrons. The molecule has 1 aromatic rings. The van der Waals surface area contributed by atoms with Crippen molar-refractivity contribution >= 4 is 23.5 Å². The molecule has 0 bridgehead atoms. The van der Waals surface area contributed by atoms with Crippen LogP contribution in [0.25, 0.3) is 0 Å². The first-order chi connectivity index (χ1) is 9.90. The summed E-state index contributed by atoms with van der Waals surface area (Å²) in [6, 6.07) is 5.64. The highest BCUT2D eigenvalue weighted by Crippen LogP contribution is 2.24. The van der Waals surface area contributed by atoms with Crippen LogP contribution in [0, 0.1) is 0 Å². The second-order valence-corrected chi connectivity index (χ2v) is 4.85. The van der Waals surface area contributed by atoms with E-state index in [9.17, 15) is 19.5 Å². The number of carboxylic acids is 1. The molecule has 2 N–H and O–H groups in total. The smallest absolute Gasteiger partial charge is 0.305 e. The molecule has 7 heteroatoms. The number of carboxylic acid groups (broad SMARTS) is 1. The van der Waals surface area contributed by atoms with Crippen molar-refractivity contribution in [3.63, 3.8) is 0 Å². The molecule has 0 saturated carbocycles. The van der Waals surface area contributed by atoms with E-state index in [-0.39, 0.29) is 25.3 Å². The molecular weight excluding hydrogens is 276 g/mol. The highest BCUT2D eigenvalue weighted by Gasteiger charge is 2.37. The second-order valence-electron chi connectivity index (χ2n) is 4.85. The summed E-state index contributed by atoms with van der Waals surface area (Å²) >= 11 is 0. The van der Waals surface area contributed by atoms with E-state index in [2.05, 4.69) is 0 Å². The predicted octanol–water partition coefficient (Wildman–Crippen LogP) is 0.431. The number of benzene rings is 1. The summed E-state index contributed by atoms with van der Waals surface area (Å²) in [6.07, 6.45) is -0.261. The van der Waals surface area contributed by atoms with E-state index < -0.39 is 23.8 Å². The maximum atomic E-state index is 12.2. The van der Waals surface area contributed by atoms with Crippen LogP contribution in [-0.2, 0) is 14.4 Å². The third-order valence-electron chi connectivity index (χ3n) is 3.43. The number of hydrogen-bond acceptors (Lipinski definition) is 5. The normalized spacial score (nSPS) is 19.0. The van der Waals surface area contributed by atoms with Crippen LogP contribution in [0.5, 0.6) is 5.75 Å². The summed E-state index contributed by atoms with van der Waals surface area (Å²) in [7, 11) is 0. The van der Waals surface area contributed by atoms with Crippen LogP contribution in [-0.4, -0.2) is 52.0 Å². The third kappa shape index (κ3) is 3.13. The Morgan fingerprint density at radius 1 is 1.29 bits per heavy atom. The molecule has 1 fully saturated rings. The van der Waals surface area contributed by atoms with Crippen LogP contribution in [0.15, 0.2) is 24.3 Å². The fourth-order valence-corrected chi connectivity index (χ4v) is 2.25. The highest BCUT2D eigenvalue weighted by molar-refractivity contribution is 6.04. The zero-order valence-corrected chi connectivity index (χ0v) is 11.5. The zero-order chi connectivity index (χ0) is 15.6. The number of nitrogens with zero attached hydrogens (tertiary/aromatic N) is 2. The van der Waals surface area contributed by atoms with Gasteiger partial charge in [0, 0.05) is 12.2 Å². The molecule has 1 atom stereocenters. The van der Waals surface area contributed by atoms with Gasteiger partial charge in [-0.2, -0.15) is 0 Å². The van der Waals surface area contributed by atoms with Gasteiger partial charge in [-0.25, -0.2) is 0 Å². The van der Waals surface area contributed by atoms with E-state index in [0.29, 0.717) is 5.69 Å². The van der Waals surface area contributed by atoms with Gasteiger partial charge in [0.05, 0.1) is 13.0 Å². The van der Waals surface area contributed by atoms with Gasteiger partial charge < -0.3 is 15.1 Å². The lowest BCUT2D eigenvalue weighted by atomic mass is 10.1. The van der Waals surface area contributed by atoms with Crippen LogP contribution >= 0.6 is 0 Å². The second kappa shape index (κ2) is 5.82. The average molecular weight is 292 g/mol. The summed E-state index contributed by atoms with van der Waals surface area (Å²) < 4.78 is 0. The summed E-state index contributed by atoms with van der Waals surface area (Å²) in [5.74, 6) is -1.79. The molecule has 7 nitrogen and oxygen atoms in total. The minimum atomic E-state index is -1.05. The van der Waals surface area contributed by atoms with Crippen molar-refractivity contribution in [2.75, 3.05) is 18.0 Å². The SMILES string of the molecule is CC1C(=O)N(CCC(=O)O)C(=O)CN1c1ccc(O)cc1. The van der Waals surface area contributed by atoms with E-state index in [4.69, 9.17) is 5.11 Å². The van der Waals surface area contributed by atoms with Gasteiger partial charge in [-0.1, -0.05) is 0 Å². The quantitative estimate of drug-likeness (QED) is 0.781. The number of carbonyl (C=O) groups is 3. The zero-order valence-electron chi connectivity index (χ0n) is 11.5. The molecule has 1 unspecified atom stereocenters. The van der Waals surface area contributed by atoms with Crippen molar-refractivity contribution in [3.05, 3.63) is 24.3 Å². The van der Waals surface area contributed by atoms with Crippen LogP contribution in [0.3, 0.4) is 0 Å². The lowest BCUT2D eigenvalue weighted by Gasteiger charge is -2.38. The van der Waals surface area contributed by atoms with Gasteiger partial charge in [-0.05, 0) is 31.2 Å². The van der Waals surface area contributed by atoms with Gasteiger partial charge in [0.1, 0.15) is 11.8 Å². The summed E-state index contributed by atoms with van der Waals surface area (Å²) in [6.45, 7) is 1.55. The predicted molar refractivity (Wildman–Crippen MR) is 73.9 cm³/mol. The number of hydrogen-bond donors (Lipinski definition) is 2. The maximum absolute atomic E-state index is 12.2. The van der Waals surface area contributed by atoms with Gasteiger partial charge in [-0.3, -0.25) is 19.3 Å². The average Bonchev–Trinajstić information content (AvgIpc) is 2.43. The van der Waals surface area contributed by atoms with E-state index in [1.165, 1.54) is 12.1 Å². The number of phenols is 1. The molecule has 1 aliphatic rings. The summed E-state index contributed by atoms with van der Waals surface area (Å²) in [5, 5.41) is 17.9. The van der Waals surface area contributed by atoms with E-state index in [1.54, 1.807) is 24.0 Å². The first-order valence-electron chi connectivity index (χ1n) is 6.52. The number of aromatic hydroxyl groups is 1. The van der Waals surface area contributed by atoms with Crippen molar-refractivity contribution in [1.82, 2.24) is 4.90 Å². The van der Waals surface area contributed by atoms with Gasteiger partial charge in [0.15, 0.2) is 0 Å². The van der Waals surface area contributed by atoms with Crippen molar-refractivity contribution in [2.45, 2.75) is 19.4 Å². The Morgan fingerprint density at radius 2 is 1.90 bits per heavy atom. The van der Waals surface area contributed by atoms with Crippen molar-refractivity contribution in [3.8, 4) is 5.75 Å². The van der Waals surface area contributed by atoms with Crippen LogP contribution in [0.4, 0.5) is 5.69 Å². The van der Waals surface area contributed by atoms with Crippen molar-refractivity contribution < 1.29 is 24.6 Å². The standard InChI is InChI=1S/C14H16N2O5/c1-9-14(21)15(7-6-13(19)20)12(18)8-16(9)10-2-4-11(17)5-3-10/h2-5,9,17H,6-8H2,1H3,(H,19,20). The van der Waals surface area contributed by atoms with E-state index in [0.717, 1.165) is 4.90 Å². The molecule has 1 saturated heterocycles. The number of imide groups is 1.